The Labute approximate surface area is 147 Å². The molecule has 0 bridgehead atoms. The molecule has 1 saturated heterocycles. The number of thiazole rings is 1. The van der Waals surface area contributed by atoms with Gasteiger partial charge in [-0.2, -0.15) is 0 Å². The van der Waals surface area contributed by atoms with Gasteiger partial charge in [0, 0.05) is 30.6 Å². The number of benzene rings is 1. The average molecular weight is 344 g/mol. The van der Waals surface area contributed by atoms with E-state index in [1.165, 1.54) is 5.56 Å². The van der Waals surface area contributed by atoms with Gasteiger partial charge in [0.25, 0.3) is 0 Å². The Balaban J connectivity index is 1.51. The fourth-order valence-corrected chi connectivity index (χ4v) is 5.09. The zero-order valence-corrected chi connectivity index (χ0v) is 14.8. The zero-order chi connectivity index (χ0) is 16.6. The summed E-state index contributed by atoms with van der Waals surface area (Å²) in [6.45, 7) is 1.87. The minimum absolute atomic E-state index is 0.0707. The van der Waals surface area contributed by atoms with Crippen LogP contribution in [0.2, 0.25) is 0 Å². The SMILES string of the molecule is CO[C@@]12CC[C@H](O)C[C@@H]1N(Cc1nc(-c3ccccc3)cs1)CC2. The molecule has 1 saturated carbocycles. The highest BCUT2D eigenvalue weighted by atomic mass is 32.1. The van der Waals surface area contributed by atoms with Crippen LogP contribution in [0, 0.1) is 0 Å². The number of ether oxygens (including phenoxy) is 1. The van der Waals surface area contributed by atoms with Gasteiger partial charge in [0.05, 0.1) is 23.9 Å². The van der Waals surface area contributed by atoms with Crippen LogP contribution in [0.25, 0.3) is 11.3 Å². The number of aliphatic hydroxyl groups is 1. The molecule has 3 atom stereocenters. The lowest BCUT2D eigenvalue weighted by atomic mass is 9.79. The number of likely N-dealkylation sites (tertiary alicyclic amines) is 1. The van der Waals surface area contributed by atoms with Crippen molar-refractivity contribution in [3.05, 3.63) is 40.7 Å². The molecule has 1 aliphatic carbocycles. The molecule has 2 aliphatic rings. The molecular weight excluding hydrogens is 320 g/mol. The Morgan fingerprint density at radius 3 is 2.96 bits per heavy atom. The van der Waals surface area contributed by atoms with Gasteiger partial charge in [-0.15, -0.1) is 11.3 Å². The first-order chi connectivity index (χ1) is 11.7. The molecule has 0 radical (unpaired) electrons. The lowest BCUT2D eigenvalue weighted by Gasteiger charge is -2.42. The number of nitrogens with zero attached hydrogens (tertiary/aromatic N) is 2. The van der Waals surface area contributed by atoms with Crippen LogP contribution >= 0.6 is 11.3 Å². The predicted molar refractivity (Wildman–Crippen MR) is 96.0 cm³/mol. The molecule has 5 heteroatoms. The summed E-state index contributed by atoms with van der Waals surface area (Å²) < 4.78 is 5.92. The van der Waals surface area contributed by atoms with Gasteiger partial charge in [0.1, 0.15) is 5.01 Å². The van der Waals surface area contributed by atoms with Crippen molar-refractivity contribution in [1.82, 2.24) is 9.88 Å². The molecule has 0 spiro atoms. The lowest BCUT2D eigenvalue weighted by Crippen LogP contribution is -2.51. The van der Waals surface area contributed by atoms with E-state index in [4.69, 9.17) is 9.72 Å². The Morgan fingerprint density at radius 2 is 2.17 bits per heavy atom. The van der Waals surface area contributed by atoms with E-state index in [1.54, 1.807) is 11.3 Å². The van der Waals surface area contributed by atoms with Gasteiger partial charge in [-0.3, -0.25) is 4.90 Å². The highest BCUT2D eigenvalue weighted by Gasteiger charge is 2.50. The van der Waals surface area contributed by atoms with Crippen LogP contribution in [0.15, 0.2) is 35.7 Å². The summed E-state index contributed by atoms with van der Waals surface area (Å²) in [4.78, 5) is 7.28. The Kier molecular flexibility index (Phi) is 4.43. The third kappa shape index (κ3) is 2.90. The fraction of sp³-hybridized carbons (Fsp3) is 0.526. The molecule has 1 aromatic heterocycles. The summed E-state index contributed by atoms with van der Waals surface area (Å²) in [6.07, 6.45) is 3.48. The van der Waals surface area contributed by atoms with Gasteiger partial charge in [0.2, 0.25) is 0 Å². The molecule has 4 rings (SSSR count). The Morgan fingerprint density at radius 1 is 1.33 bits per heavy atom. The summed E-state index contributed by atoms with van der Waals surface area (Å²) in [7, 11) is 1.82. The number of hydrogen-bond acceptors (Lipinski definition) is 5. The molecule has 4 nitrogen and oxygen atoms in total. The first kappa shape index (κ1) is 16.2. The fourth-order valence-electron chi connectivity index (χ4n) is 4.26. The first-order valence-corrected chi connectivity index (χ1v) is 9.55. The van der Waals surface area contributed by atoms with Crippen molar-refractivity contribution in [2.24, 2.45) is 0 Å². The molecule has 2 fully saturated rings. The number of aromatic nitrogens is 1. The molecule has 0 amide bonds. The number of fused-ring (bicyclic) bond motifs is 1. The van der Waals surface area contributed by atoms with Crippen molar-refractivity contribution in [1.29, 1.82) is 0 Å². The maximum absolute atomic E-state index is 10.1. The van der Waals surface area contributed by atoms with Crippen LogP contribution in [0.1, 0.15) is 30.7 Å². The minimum atomic E-state index is -0.199. The number of rotatable bonds is 4. The molecule has 1 N–H and O–H groups in total. The van der Waals surface area contributed by atoms with E-state index in [1.807, 2.05) is 25.3 Å². The number of methoxy groups -OCH3 is 1. The smallest absolute Gasteiger partial charge is 0.107 e. The third-order valence-corrected chi connectivity index (χ3v) is 6.47. The van der Waals surface area contributed by atoms with Crippen LogP contribution < -0.4 is 0 Å². The van der Waals surface area contributed by atoms with Crippen molar-refractivity contribution in [3.8, 4) is 11.3 Å². The molecule has 24 heavy (non-hydrogen) atoms. The quantitative estimate of drug-likeness (QED) is 0.924. The van der Waals surface area contributed by atoms with Crippen LogP contribution in [-0.2, 0) is 11.3 Å². The van der Waals surface area contributed by atoms with E-state index in [0.717, 1.165) is 49.5 Å². The van der Waals surface area contributed by atoms with Crippen molar-refractivity contribution in [2.75, 3.05) is 13.7 Å². The monoisotopic (exact) mass is 344 g/mol. The Hall–Kier alpha value is -1.27. The van der Waals surface area contributed by atoms with E-state index in [0.29, 0.717) is 6.04 Å². The maximum Gasteiger partial charge on any atom is 0.107 e. The summed E-state index contributed by atoms with van der Waals surface area (Å²) >= 11 is 1.72. The molecule has 128 valence electrons. The van der Waals surface area contributed by atoms with Gasteiger partial charge < -0.3 is 9.84 Å². The van der Waals surface area contributed by atoms with E-state index >= 15 is 0 Å². The molecule has 2 heterocycles. The number of aliphatic hydroxyl groups excluding tert-OH is 1. The van der Waals surface area contributed by atoms with Gasteiger partial charge in [-0.05, 0) is 25.7 Å². The van der Waals surface area contributed by atoms with E-state index in [-0.39, 0.29) is 11.7 Å². The topological polar surface area (TPSA) is 45.6 Å². The number of hydrogen-bond donors (Lipinski definition) is 1. The van der Waals surface area contributed by atoms with E-state index in [9.17, 15) is 5.11 Å². The van der Waals surface area contributed by atoms with Crippen molar-refractivity contribution in [3.63, 3.8) is 0 Å². The largest absolute Gasteiger partial charge is 0.393 e. The summed E-state index contributed by atoms with van der Waals surface area (Å²) in [5.74, 6) is 0. The van der Waals surface area contributed by atoms with Gasteiger partial charge in [0.15, 0.2) is 0 Å². The summed E-state index contributed by atoms with van der Waals surface area (Å²) in [6, 6.07) is 10.6. The second-order valence-corrected chi connectivity index (χ2v) is 7.87. The van der Waals surface area contributed by atoms with Crippen LogP contribution in [-0.4, -0.2) is 46.4 Å². The van der Waals surface area contributed by atoms with E-state index in [2.05, 4.69) is 22.4 Å². The van der Waals surface area contributed by atoms with Gasteiger partial charge in [-0.1, -0.05) is 30.3 Å². The van der Waals surface area contributed by atoms with Gasteiger partial charge in [-0.25, -0.2) is 4.98 Å². The van der Waals surface area contributed by atoms with E-state index < -0.39 is 0 Å². The normalized spacial score (nSPS) is 30.4. The molecule has 0 unspecified atom stereocenters. The molecule has 1 aromatic carbocycles. The van der Waals surface area contributed by atoms with Crippen molar-refractivity contribution >= 4 is 11.3 Å². The second-order valence-electron chi connectivity index (χ2n) is 6.93. The van der Waals surface area contributed by atoms with Crippen LogP contribution in [0.5, 0.6) is 0 Å². The lowest BCUT2D eigenvalue weighted by molar-refractivity contribution is -0.0879. The van der Waals surface area contributed by atoms with Gasteiger partial charge >= 0.3 is 0 Å². The summed E-state index contributed by atoms with van der Waals surface area (Å²) in [5.41, 5.74) is 2.15. The standard InChI is InChI=1S/C19H24N2O2S/c1-23-19-8-7-15(22)11-17(19)21(10-9-19)12-18-20-16(13-24-18)14-5-3-2-4-6-14/h2-6,13,15,17,22H,7-12H2,1H3/t15-,17-,19+/m0/s1. The van der Waals surface area contributed by atoms with Crippen LogP contribution in [0.3, 0.4) is 0 Å². The zero-order valence-electron chi connectivity index (χ0n) is 14.0. The molecule has 1 aliphatic heterocycles. The maximum atomic E-state index is 10.1. The molecule has 2 aromatic rings. The van der Waals surface area contributed by atoms with Crippen LogP contribution in [0.4, 0.5) is 0 Å². The highest BCUT2D eigenvalue weighted by Crippen LogP contribution is 2.43. The predicted octanol–water partition coefficient (Wildman–Crippen LogP) is 3.31. The third-order valence-electron chi connectivity index (χ3n) is 5.63. The van der Waals surface area contributed by atoms with Crippen molar-refractivity contribution < 1.29 is 9.84 Å². The van der Waals surface area contributed by atoms with Crippen molar-refractivity contribution in [2.45, 2.75) is 50.0 Å². The average Bonchev–Trinajstić information content (AvgIpc) is 3.22. The minimum Gasteiger partial charge on any atom is -0.393 e. The summed E-state index contributed by atoms with van der Waals surface area (Å²) in [5, 5.41) is 13.4. The Bertz CT molecular complexity index is 690. The molecular formula is C19H24N2O2S. The first-order valence-electron chi connectivity index (χ1n) is 8.67. The second kappa shape index (κ2) is 6.56. The highest BCUT2D eigenvalue weighted by molar-refractivity contribution is 7.09.